The van der Waals surface area contributed by atoms with Gasteiger partial charge in [-0.25, -0.2) is 9.97 Å². The summed E-state index contributed by atoms with van der Waals surface area (Å²) in [6.45, 7) is 4.88. The molecule has 0 atom stereocenters. The fraction of sp³-hybridized carbons (Fsp3) is 0.375. The van der Waals surface area contributed by atoms with Crippen molar-refractivity contribution in [2.75, 3.05) is 19.5 Å². The molecule has 0 unspecified atom stereocenters. The average Bonchev–Trinajstić information content (AvgIpc) is 2.52. The van der Waals surface area contributed by atoms with Crippen LogP contribution < -0.4 is 14.8 Å². The molecular weight excluding hydrogens is 266 g/mol. The zero-order valence-corrected chi connectivity index (χ0v) is 12.9. The highest BCUT2D eigenvalue weighted by Gasteiger charge is 2.06. The van der Waals surface area contributed by atoms with Gasteiger partial charge in [-0.2, -0.15) is 0 Å². The molecule has 0 aliphatic rings. The number of methoxy groups -OCH3 is 2. The molecule has 0 bridgehead atoms. The van der Waals surface area contributed by atoms with Gasteiger partial charge in [0.25, 0.3) is 0 Å². The number of ether oxygens (including phenoxy) is 2. The summed E-state index contributed by atoms with van der Waals surface area (Å²) in [4.78, 5) is 8.49. The fourth-order valence-corrected chi connectivity index (χ4v) is 1.97. The van der Waals surface area contributed by atoms with Crippen molar-refractivity contribution in [3.05, 3.63) is 41.9 Å². The quantitative estimate of drug-likeness (QED) is 0.884. The van der Waals surface area contributed by atoms with Gasteiger partial charge in [-0.3, -0.25) is 0 Å². The van der Waals surface area contributed by atoms with Gasteiger partial charge in [0, 0.05) is 18.3 Å². The van der Waals surface area contributed by atoms with Gasteiger partial charge in [0.15, 0.2) is 11.5 Å². The van der Waals surface area contributed by atoms with Crippen molar-refractivity contribution in [3.8, 4) is 11.5 Å². The highest BCUT2D eigenvalue weighted by molar-refractivity contribution is 5.44. The smallest absolute Gasteiger partial charge is 0.161 e. The number of benzene rings is 1. The Bertz CT molecular complexity index is 600. The second kappa shape index (κ2) is 6.92. The van der Waals surface area contributed by atoms with Crippen molar-refractivity contribution in [3.63, 3.8) is 0 Å². The predicted molar refractivity (Wildman–Crippen MR) is 83.0 cm³/mol. The summed E-state index contributed by atoms with van der Waals surface area (Å²) in [6, 6.07) is 7.83. The minimum Gasteiger partial charge on any atom is -0.493 e. The molecule has 2 aromatic rings. The number of hydrogen-bond acceptors (Lipinski definition) is 5. The standard InChI is InChI=1S/C16H21N3O2/c1-11(2)13-8-16(19-10-18-13)17-9-12-5-6-14(20-3)15(7-12)21-4/h5-8,10-11H,9H2,1-4H3,(H,17,18,19). The Morgan fingerprint density at radius 1 is 1.05 bits per heavy atom. The van der Waals surface area contributed by atoms with Crippen molar-refractivity contribution >= 4 is 5.82 Å². The first-order chi connectivity index (χ1) is 10.1. The van der Waals surface area contributed by atoms with Crippen LogP contribution in [0, 0.1) is 0 Å². The normalized spacial score (nSPS) is 10.5. The Morgan fingerprint density at radius 3 is 2.48 bits per heavy atom. The van der Waals surface area contributed by atoms with Crippen LogP contribution in [0.2, 0.25) is 0 Å². The third kappa shape index (κ3) is 3.84. The van der Waals surface area contributed by atoms with Crippen LogP contribution in [-0.2, 0) is 6.54 Å². The van der Waals surface area contributed by atoms with E-state index in [4.69, 9.17) is 9.47 Å². The summed E-state index contributed by atoms with van der Waals surface area (Å²) in [5.41, 5.74) is 2.12. The number of anilines is 1. The van der Waals surface area contributed by atoms with Gasteiger partial charge in [0.05, 0.1) is 14.2 Å². The van der Waals surface area contributed by atoms with Crippen LogP contribution in [0.3, 0.4) is 0 Å². The predicted octanol–water partition coefficient (Wildman–Crippen LogP) is 3.23. The van der Waals surface area contributed by atoms with Gasteiger partial charge in [-0.05, 0) is 23.6 Å². The summed E-state index contributed by atoms with van der Waals surface area (Å²) in [6.07, 6.45) is 1.59. The molecule has 0 saturated heterocycles. The lowest BCUT2D eigenvalue weighted by Crippen LogP contribution is -2.04. The van der Waals surface area contributed by atoms with Crippen LogP contribution >= 0.6 is 0 Å². The van der Waals surface area contributed by atoms with Crippen molar-refractivity contribution in [2.24, 2.45) is 0 Å². The molecule has 112 valence electrons. The van der Waals surface area contributed by atoms with Gasteiger partial charge in [-0.1, -0.05) is 19.9 Å². The minimum absolute atomic E-state index is 0.384. The van der Waals surface area contributed by atoms with Crippen LogP contribution in [0.5, 0.6) is 11.5 Å². The molecule has 21 heavy (non-hydrogen) atoms. The average molecular weight is 287 g/mol. The second-order valence-electron chi connectivity index (χ2n) is 5.03. The third-order valence-corrected chi connectivity index (χ3v) is 3.20. The molecule has 0 amide bonds. The van der Waals surface area contributed by atoms with Gasteiger partial charge in [0.2, 0.25) is 0 Å². The third-order valence-electron chi connectivity index (χ3n) is 3.20. The number of rotatable bonds is 6. The Balaban J connectivity index is 2.07. The molecular formula is C16H21N3O2. The van der Waals surface area contributed by atoms with Crippen molar-refractivity contribution < 1.29 is 9.47 Å². The monoisotopic (exact) mass is 287 g/mol. The molecule has 1 N–H and O–H groups in total. The zero-order valence-electron chi connectivity index (χ0n) is 12.9. The minimum atomic E-state index is 0.384. The molecule has 0 spiro atoms. The molecule has 0 radical (unpaired) electrons. The van der Waals surface area contributed by atoms with E-state index < -0.39 is 0 Å². The highest BCUT2D eigenvalue weighted by Crippen LogP contribution is 2.27. The molecule has 0 aliphatic heterocycles. The van der Waals surface area contributed by atoms with E-state index in [9.17, 15) is 0 Å². The lowest BCUT2D eigenvalue weighted by Gasteiger charge is -2.11. The van der Waals surface area contributed by atoms with Gasteiger partial charge in [-0.15, -0.1) is 0 Å². The topological polar surface area (TPSA) is 56.3 Å². The van der Waals surface area contributed by atoms with E-state index in [-0.39, 0.29) is 0 Å². The molecule has 1 aromatic carbocycles. The van der Waals surface area contributed by atoms with Crippen LogP contribution in [0.25, 0.3) is 0 Å². The maximum Gasteiger partial charge on any atom is 0.161 e. The fourth-order valence-electron chi connectivity index (χ4n) is 1.97. The molecule has 0 saturated carbocycles. The summed E-state index contributed by atoms with van der Waals surface area (Å²) in [7, 11) is 3.26. The van der Waals surface area contributed by atoms with Crippen LogP contribution in [0.15, 0.2) is 30.6 Å². The number of nitrogens with zero attached hydrogens (tertiary/aromatic N) is 2. The summed E-state index contributed by atoms with van der Waals surface area (Å²) >= 11 is 0. The van der Waals surface area contributed by atoms with Crippen LogP contribution in [0.4, 0.5) is 5.82 Å². The van der Waals surface area contributed by atoms with Crippen LogP contribution in [0.1, 0.15) is 31.0 Å². The Labute approximate surface area is 125 Å². The number of aromatic nitrogens is 2. The Hall–Kier alpha value is -2.30. The Morgan fingerprint density at radius 2 is 1.81 bits per heavy atom. The van der Waals surface area contributed by atoms with E-state index in [0.717, 1.165) is 28.6 Å². The maximum absolute atomic E-state index is 5.30. The molecule has 2 rings (SSSR count). The molecule has 5 heteroatoms. The largest absolute Gasteiger partial charge is 0.493 e. The maximum atomic E-state index is 5.30. The second-order valence-corrected chi connectivity index (χ2v) is 5.03. The first-order valence-electron chi connectivity index (χ1n) is 6.90. The first kappa shape index (κ1) is 15.1. The van der Waals surface area contributed by atoms with Crippen molar-refractivity contribution in [1.82, 2.24) is 9.97 Å². The molecule has 1 aromatic heterocycles. The van der Waals surface area contributed by atoms with E-state index in [1.54, 1.807) is 20.5 Å². The lowest BCUT2D eigenvalue weighted by molar-refractivity contribution is 0.354. The van der Waals surface area contributed by atoms with E-state index in [2.05, 4.69) is 29.1 Å². The van der Waals surface area contributed by atoms with E-state index >= 15 is 0 Å². The molecule has 1 heterocycles. The van der Waals surface area contributed by atoms with Crippen molar-refractivity contribution in [2.45, 2.75) is 26.3 Å². The highest BCUT2D eigenvalue weighted by atomic mass is 16.5. The summed E-state index contributed by atoms with van der Waals surface area (Å²) in [5.74, 6) is 2.66. The molecule has 5 nitrogen and oxygen atoms in total. The first-order valence-corrected chi connectivity index (χ1v) is 6.90. The van der Waals surface area contributed by atoms with E-state index in [1.807, 2.05) is 24.3 Å². The number of nitrogens with one attached hydrogen (secondary N) is 1. The van der Waals surface area contributed by atoms with Gasteiger partial charge < -0.3 is 14.8 Å². The Kier molecular flexibility index (Phi) is 4.98. The zero-order chi connectivity index (χ0) is 15.2. The van der Waals surface area contributed by atoms with Crippen molar-refractivity contribution in [1.29, 1.82) is 0 Å². The molecule has 0 fully saturated rings. The molecule has 0 aliphatic carbocycles. The van der Waals surface area contributed by atoms with Crippen LogP contribution in [-0.4, -0.2) is 24.2 Å². The van der Waals surface area contributed by atoms with E-state index in [1.165, 1.54) is 0 Å². The summed E-state index contributed by atoms with van der Waals surface area (Å²) in [5, 5.41) is 3.30. The van der Waals surface area contributed by atoms with Gasteiger partial charge >= 0.3 is 0 Å². The number of hydrogen-bond donors (Lipinski definition) is 1. The SMILES string of the molecule is COc1ccc(CNc2cc(C(C)C)ncn2)cc1OC. The lowest BCUT2D eigenvalue weighted by atomic mass is 10.1. The summed E-state index contributed by atoms with van der Waals surface area (Å²) < 4.78 is 10.5. The van der Waals surface area contributed by atoms with Gasteiger partial charge in [0.1, 0.15) is 12.1 Å². The van der Waals surface area contributed by atoms with E-state index in [0.29, 0.717) is 12.5 Å².